The van der Waals surface area contributed by atoms with Crippen LogP contribution in [0.5, 0.6) is 5.75 Å². The number of aromatic nitrogens is 1. The van der Waals surface area contributed by atoms with Crippen molar-refractivity contribution >= 4 is 44.1 Å². The normalized spacial score (nSPS) is 10.9. The maximum absolute atomic E-state index is 10.7. The number of nitrogens with one attached hydrogen (secondary N) is 1. The molecule has 0 atom stereocenters. The van der Waals surface area contributed by atoms with E-state index < -0.39 is 5.97 Å². The molecule has 5 nitrogen and oxygen atoms in total. The van der Waals surface area contributed by atoms with Gasteiger partial charge in [-0.3, -0.25) is 4.79 Å². The van der Waals surface area contributed by atoms with Gasteiger partial charge in [0.25, 0.3) is 0 Å². The van der Waals surface area contributed by atoms with E-state index in [4.69, 9.17) is 9.84 Å². The number of aryl methyl sites for hydroxylation is 1. The Morgan fingerprint density at radius 3 is 2.66 bits per heavy atom. The van der Waals surface area contributed by atoms with E-state index >= 15 is 0 Å². The van der Waals surface area contributed by atoms with Crippen LogP contribution in [0.2, 0.25) is 0 Å². The van der Waals surface area contributed by atoms with Crippen LogP contribution in [0.4, 0.5) is 10.8 Å². The van der Waals surface area contributed by atoms with E-state index in [-0.39, 0.29) is 6.42 Å². The Bertz CT molecular complexity index is 970. The van der Waals surface area contributed by atoms with Gasteiger partial charge in [0, 0.05) is 23.1 Å². The maximum Gasteiger partial charge on any atom is 0.303 e. The average Bonchev–Trinajstić information content (AvgIpc) is 3.15. The third-order valence-electron chi connectivity index (χ3n) is 4.14. The molecule has 1 heterocycles. The predicted molar refractivity (Wildman–Crippen MR) is 121 cm³/mol. The molecule has 0 spiro atoms. The molecule has 3 aromatic rings. The standard InChI is InChI=1S/C22H23BrN2O3S/c1-14(2)12-28-20-9-6-16(11-18(20)23)19-13-29-22(25-19)24-17-7-3-15(4-8-17)5-10-21(26)27/h3-4,6-9,11,13-14H,5,10,12H2,1-2H3,(H,24,25)(H,26,27). The van der Waals surface area contributed by atoms with Crippen LogP contribution in [0.25, 0.3) is 11.3 Å². The lowest BCUT2D eigenvalue weighted by atomic mass is 10.1. The van der Waals surface area contributed by atoms with Gasteiger partial charge in [0.1, 0.15) is 5.75 Å². The first-order valence-electron chi connectivity index (χ1n) is 9.36. The van der Waals surface area contributed by atoms with Gasteiger partial charge >= 0.3 is 5.97 Å². The minimum absolute atomic E-state index is 0.138. The van der Waals surface area contributed by atoms with Gasteiger partial charge in [-0.1, -0.05) is 26.0 Å². The Kier molecular flexibility index (Phi) is 7.28. The lowest BCUT2D eigenvalue weighted by Gasteiger charge is -2.11. The van der Waals surface area contributed by atoms with Crippen LogP contribution >= 0.6 is 27.3 Å². The summed E-state index contributed by atoms with van der Waals surface area (Å²) in [5.74, 6) is 0.521. The number of halogens is 1. The van der Waals surface area contributed by atoms with Gasteiger partial charge in [-0.2, -0.15) is 0 Å². The molecule has 2 aromatic carbocycles. The molecule has 0 bridgehead atoms. The fourth-order valence-electron chi connectivity index (χ4n) is 2.63. The quantitative estimate of drug-likeness (QED) is 0.376. The summed E-state index contributed by atoms with van der Waals surface area (Å²) in [6.45, 7) is 4.92. The summed E-state index contributed by atoms with van der Waals surface area (Å²) < 4.78 is 6.72. The van der Waals surface area contributed by atoms with Crippen LogP contribution in [0.3, 0.4) is 0 Å². The third-order valence-corrected chi connectivity index (χ3v) is 5.51. The van der Waals surface area contributed by atoms with Crippen molar-refractivity contribution in [2.24, 2.45) is 5.92 Å². The summed E-state index contributed by atoms with van der Waals surface area (Å²) in [5.41, 5.74) is 3.83. The second-order valence-electron chi connectivity index (χ2n) is 7.10. The fraction of sp³-hybridized carbons (Fsp3) is 0.273. The second-order valence-corrected chi connectivity index (χ2v) is 8.82. The van der Waals surface area contributed by atoms with E-state index in [1.807, 2.05) is 47.8 Å². The van der Waals surface area contributed by atoms with Gasteiger partial charge in [-0.25, -0.2) is 4.98 Å². The molecular weight excluding hydrogens is 452 g/mol. The largest absolute Gasteiger partial charge is 0.492 e. The smallest absolute Gasteiger partial charge is 0.303 e. The lowest BCUT2D eigenvalue weighted by molar-refractivity contribution is -0.136. The monoisotopic (exact) mass is 474 g/mol. The molecule has 0 unspecified atom stereocenters. The first kappa shape index (κ1) is 21.3. The summed E-state index contributed by atoms with van der Waals surface area (Å²) >= 11 is 5.12. The van der Waals surface area contributed by atoms with Crippen molar-refractivity contribution in [3.8, 4) is 17.0 Å². The van der Waals surface area contributed by atoms with Gasteiger partial charge < -0.3 is 15.2 Å². The van der Waals surface area contributed by atoms with Crippen LogP contribution in [0.1, 0.15) is 25.8 Å². The summed E-state index contributed by atoms with van der Waals surface area (Å²) in [6, 6.07) is 13.7. The highest BCUT2D eigenvalue weighted by Crippen LogP contribution is 2.33. The molecule has 2 N–H and O–H groups in total. The van der Waals surface area contributed by atoms with Gasteiger partial charge in [-0.15, -0.1) is 11.3 Å². The zero-order chi connectivity index (χ0) is 20.8. The van der Waals surface area contributed by atoms with Gasteiger partial charge in [0.2, 0.25) is 0 Å². The SMILES string of the molecule is CC(C)COc1ccc(-c2csc(Nc3ccc(CCC(=O)O)cc3)n2)cc1Br. The Morgan fingerprint density at radius 1 is 1.24 bits per heavy atom. The highest BCUT2D eigenvalue weighted by atomic mass is 79.9. The van der Waals surface area contributed by atoms with Crippen LogP contribution in [0, 0.1) is 5.92 Å². The molecule has 0 amide bonds. The second kappa shape index (κ2) is 9.89. The number of hydrogen-bond donors (Lipinski definition) is 2. The average molecular weight is 475 g/mol. The van der Waals surface area contributed by atoms with Crippen molar-refractivity contribution < 1.29 is 14.6 Å². The zero-order valence-corrected chi connectivity index (χ0v) is 18.7. The van der Waals surface area contributed by atoms with Crippen LogP contribution in [0.15, 0.2) is 52.3 Å². The van der Waals surface area contributed by atoms with E-state index in [1.54, 1.807) is 0 Å². The predicted octanol–water partition coefficient (Wildman–Crippen LogP) is 6.37. The Balaban J connectivity index is 1.64. The molecule has 0 aliphatic heterocycles. The molecule has 0 fully saturated rings. The first-order chi connectivity index (χ1) is 13.9. The number of anilines is 2. The van der Waals surface area contributed by atoms with Crippen molar-refractivity contribution in [1.29, 1.82) is 0 Å². The van der Waals surface area contributed by atoms with Crippen LogP contribution in [-0.4, -0.2) is 22.7 Å². The van der Waals surface area contributed by atoms with Crippen molar-refractivity contribution in [3.05, 3.63) is 57.9 Å². The molecule has 0 saturated carbocycles. The van der Waals surface area contributed by atoms with Gasteiger partial charge in [0.15, 0.2) is 5.13 Å². The Morgan fingerprint density at radius 2 is 2.00 bits per heavy atom. The number of aliphatic carboxylic acids is 1. The number of hydrogen-bond acceptors (Lipinski definition) is 5. The van der Waals surface area contributed by atoms with Crippen molar-refractivity contribution in [2.45, 2.75) is 26.7 Å². The van der Waals surface area contributed by atoms with Crippen LogP contribution < -0.4 is 10.1 Å². The first-order valence-corrected chi connectivity index (χ1v) is 11.0. The van der Waals surface area contributed by atoms with E-state index in [0.29, 0.717) is 18.9 Å². The highest BCUT2D eigenvalue weighted by molar-refractivity contribution is 9.10. The Hall–Kier alpha value is -2.38. The number of rotatable bonds is 9. The van der Waals surface area contributed by atoms with Gasteiger partial charge in [-0.05, 0) is 64.2 Å². The zero-order valence-electron chi connectivity index (χ0n) is 16.3. The molecule has 29 heavy (non-hydrogen) atoms. The van der Waals surface area contributed by atoms with Crippen molar-refractivity contribution in [2.75, 3.05) is 11.9 Å². The van der Waals surface area contributed by atoms with Crippen molar-refractivity contribution in [1.82, 2.24) is 4.98 Å². The van der Waals surface area contributed by atoms with E-state index in [0.717, 1.165) is 37.9 Å². The third kappa shape index (κ3) is 6.30. The van der Waals surface area contributed by atoms with E-state index in [9.17, 15) is 4.79 Å². The lowest BCUT2D eigenvalue weighted by Crippen LogP contribution is -2.04. The summed E-state index contributed by atoms with van der Waals surface area (Å²) in [6.07, 6.45) is 0.669. The number of nitrogens with zero attached hydrogens (tertiary/aromatic N) is 1. The number of carboxylic acid groups (broad SMARTS) is 1. The minimum atomic E-state index is -0.784. The molecule has 0 saturated heterocycles. The number of carbonyl (C=O) groups is 1. The molecular formula is C22H23BrN2O3S. The summed E-state index contributed by atoms with van der Waals surface area (Å²) in [7, 11) is 0. The minimum Gasteiger partial charge on any atom is -0.492 e. The van der Waals surface area contributed by atoms with Crippen molar-refractivity contribution in [3.63, 3.8) is 0 Å². The summed E-state index contributed by atoms with van der Waals surface area (Å²) in [5, 5.41) is 14.9. The fourth-order valence-corrected chi connectivity index (χ4v) is 3.86. The molecule has 0 radical (unpaired) electrons. The number of benzene rings is 2. The Labute approximate surface area is 182 Å². The maximum atomic E-state index is 10.7. The number of ether oxygens (including phenoxy) is 1. The molecule has 1 aromatic heterocycles. The molecule has 0 aliphatic rings. The molecule has 7 heteroatoms. The molecule has 152 valence electrons. The van der Waals surface area contributed by atoms with Gasteiger partial charge in [0.05, 0.1) is 16.8 Å². The number of thiazole rings is 1. The molecule has 0 aliphatic carbocycles. The number of carboxylic acids is 1. The highest BCUT2D eigenvalue weighted by Gasteiger charge is 2.09. The van der Waals surface area contributed by atoms with Crippen LogP contribution in [-0.2, 0) is 11.2 Å². The molecule has 3 rings (SSSR count). The topological polar surface area (TPSA) is 71.5 Å². The summed E-state index contributed by atoms with van der Waals surface area (Å²) in [4.78, 5) is 15.3. The van der Waals surface area contributed by atoms with E-state index in [1.165, 1.54) is 11.3 Å². The van der Waals surface area contributed by atoms with E-state index in [2.05, 4.69) is 40.1 Å².